The third-order valence-electron chi connectivity index (χ3n) is 2.87. The lowest BCUT2D eigenvalue weighted by molar-refractivity contribution is -0.119. The van der Waals surface area contributed by atoms with Crippen molar-refractivity contribution < 1.29 is 9.53 Å². The van der Waals surface area contributed by atoms with Gasteiger partial charge in [-0.1, -0.05) is 18.2 Å². The summed E-state index contributed by atoms with van der Waals surface area (Å²) in [4.78, 5) is 12.1. The van der Waals surface area contributed by atoms with Gasteiger partial charge in [0.25, 0.3) is 0 Å². The Morgan fingerprint density at radius 2 is 2.35 bits per heavy atom. The van der Waals surface area contributed by atoms with Crippen LogP contribution in [0.2, 0.25) is 0 Å². The first-order chi connectivity index (χ1) is 8.31. The van der Waals surface area contributed by atoms with Crippen LogP contribution in [-0.4, -0.2) is 37.0 Å². The van der Waals surface area contributed by atoms with Crippen LogP contribution in [0.3, 0.4) is 0 Å². The number of rotatable bonds is 4. The SMILES string of the molecule is COc1ccccc1CC(=O)C1CSCCN1. The summed E-state index contributed by atoms with van der Waals surface area (Å²) in [5, 5.41) is 3.27. The van der Waals surface area contributed by atoms with Crippen LogP contribution < -0.4 is 10.1 Å². The number of carbonyl (C=O) groups is 1. The van der Waals surface area contributed by atoms with Gasteiger partial charge >= 0.3 is 0 Å². The predicted molar refractivity (Wildman–Crippen MR) is 70.8 cm³/mol. The lowest BCUT2D eigenvalue weighted by Gasteiger charge is -2.22. The Hall–Kier alpha value is -1.00. The first-order valence-corrected chi connectivity index (χ1v) is 6.92. The first-order valence-electron chi connectivity index (χ1n) is 5.77. The highest BCUT2D eigenvalue weighted by atomic mass is 32.2. The number of ketones is 1. The number of nitrogens with one attached hydrogen (secondary N) is 1. The summed E-state index contributed by atoms with van der Waals surface area (Å²) in [5.74, 6) is 3.03. The first kappa shape index (κ1) is 12.5. The summed E-state index contributed by atoms with van der Waals surface area (Å²) in [7, 11) is 1.64. The molecule has 1 unspecified atom stereocenters. The number of methoxy groups -OCH3 is 1. The Labute approximate surface area is 106 Å². The summed E-state index contributed by atoms with van der Waals surface area (Å²) in [6, 6.07) is 7.70. The molecular formula is C13H17NO2S. The molecule has 0 radical (unpaired) electrons. The van der Waals surface area contributed by atoms with E-state index in [1.807, 2.05) is 36.0 Å². The molecule has 0 aliphatic carbocycles. The number of Topliss-reactive ketones (excluding diaryl/α,β-unsaturated/α-hetero) is 1. The minimum atomic E-state index is -0.00124. The number of hydrogen-bond donors (Lipinski definition) is 1. The van der Waals surface area contributed by atoms with Crippen LogP contribution in [0, 0.1) is 0 Å². The van der Waals surface area contributed by atoms with Crippen molar-refractivity contribution in [3.8, 4) is 5.75 Å². The number of carbonyl (C=O) groups excluding carboxylic acids is 1. The van der Waals surface area contributed by atoms with Gasteiger partial charge in [0.2, 0.25) is 0 Å². The molecule has 2 rings (SSSR count). The highest BCUT2D eigenvalue weighted by Crippen LogP contribution is 2.19. The van der Waals surface area contributed by atoms with Crippen LogP contribution in [0.4, 0.5) is 0 Å². The third-order valence-corrected chi connectivity index (χ3v) is 3.93. The van der Waals surface area contributed by atoms with Gasteiger partial charge in [0, 0.05) is 30.0 Å². The Morgan fingerprint density at radius 3 is 3.06 bits per heavy atom. The highest BCUT2D eigenvalue weighted by Gasteiger charge is 2.21. The number of ether oxygens (including phenoxy) is 1. The smallest absolute Gasteiger partial charge is 0.155 e. The molecule has 17 heavy (non-hydrogen) atoms. The fraction of sp³-hybridized carbons (Fsp3) is 0.462. The summed E-state index contributed by atoms with van der Waals surface area (Å²) in [5.41, 5.74) is 0.970. The van der Waals surface area contributed by atoms with Crippen molar-refractivity contribution in [3.63, 3.8) is 0 Å². The molecule has 92 valence electrons. The van der Waals surface area contributed by atoms with E-state index in [0.717, 1.165) is 29.4 Å². The van der Waals surface area contributed by atoms with E-state index < -0.39 is 0 Å². The lowest BCUT2D eigenvalue weighted by atomic mass is 10.0. The number of hydrogen-bond acceptors (Lipinski definition) is 4. The van der Waals surface area contributed by atoms with E-state index in [2.05, 4.69) is 5.32 Å². The number of benzene rings is 1. The molecule has 3 nitrogen and oxygen atoms in total. The molecule has 1 atom stereocenters. The second-order valence-electron chi connectivity index (χ2n) is 4.04. The van der Waals surface area contributed by atoms with Gasteiger partial charge in [-0.2, -0.15) is 11.8 Å². The summed E-state index contributed by atoms with van der Waals surface area (Å²) in [6.45, 7) is 0.924. The zero-order valence-electron chi connectivity index (χ0n) is 9.94. The van der Waals surface area contributed by atoms with Gasteiger partial charge in [0.05, 0.1) is 13.2 Å². The minimum Gasteiger partial charge on any atom is -0.496 e. The van der Waals surface area contributed by atoms with Crippen molar-refractivity contribution in [3.05, 3.63) is 29.8 Å². The monoisotopic (exact) mass is 251 g/mol. The molecule has 1 aromatic rings. The molecule has 0 aromatic heterocycles. The van der Waals surface area contributed by atoms with Gasteiger partial charge in [-0.3, -0.25) is 4.79 Å². The Morgan fingerprint density at radius 1 is 1.53 bits per heavy atom. The zero-order valence-corrected chi connectivity index (χ0v) is 10.8. The van der Waals surface area contributed by atoms with E-state index in [0.29, 0.717) is 6.42 Å². The molecule has 0 amide bonds. The average molecular weight is 251 g/mol. The lowest BCUT2D eigenvalue weighted by Crippen LogP contribution is -2.44. The van der Waals surface area contributed by atoms with E-state index >= 15 is 0 Å². The topological polar surface area (TPSA) is 38.3 Å². The molecule has 4 heteroatoms. The van der Waals surface area contributed by atoms with Gasteiger partial charge in [-0.15, -0.1) is 0 Å². The maximum absolute atomic E-state index is 12.1. The molecule has 1 aliphatic rings. The quantitative estimate of drug-likeness (QED) is 0.880. The maximum atomic E-state index is 12.1. The van der Waals surface area contributed by atoms with E-state index in [9.17, 15) is 4.79 Å². The van der Waals surface area contributed by atoms with Crippen molar-refractivity contribution in [2.24, 2.45) is 0 Å². The molecule has 1 fully saturated rings. The van der Waals surface area contributed by atoms with E-state index in [-0.39, 0.29) is 11.8 Å². The standard InChI is InChI=1S/C13H17NO2S/c1-16-13-5-3-2-4-10(13)8-12(15)11-9-17-7-6-14-11/h2-5,11,14H,6-9H2,1H3. The second-order valence-corrected chi connectivity index (χ2v) is 5.19. The maximum Gasteiger partial charge on any atom is 0.155 e. The van der Waals surface area contributed by atoms with Gasteiger partial charge in [0.1, 0.15) is 5.75 Å². The highest BCUT2D eigenvalue weighted by molar-refractivity contribution is 7.99. The molecule has 1 heterocycles. The summed E-state index contributed by atoms with van der Waals surface area (Å²) in [6.07, 6.45) is 0.447. The van der Waals surface area contributed by atoms with Gasteiger partial charge < -0.3 is 10.1 Å². The normalized spacial score (nSPS) is 19.9. The van der Waals surface area contributed by atoms with E-state index in [1.54, 1.807) is 7.11 Å². The van der Waals surface area contributed by atoms with Gasteiger partial charge in [-0.25, -0.2) is 0 Å². The number of thioether (sulfide) groups is 1. The minimum absolute atomic E-state index is 0.00124. The Balaban J connectivity index is 2.01. The predicted octanol–water partition coefficient (Wildman–Crippen LogP) is 1.51. The van der Waals surface area contributed by atoms with Crippen LogP contribution in [0.5, 0.6) is 5.75 Å². The molecule has 1 aromatic carbocycles. The van der Waals surface area contributed by atoms with Crippen molar-refractivity contribution in [2.45, 2.75) is 12.5 Å². The zero-order chi connectivity index (χ0) is 12.1. The van der Waals surface area contributed by atoms with Gasteiger partial charge in [-0.05, 0) is 6.07 Å². The van der Waals surface area contributed by atoms with E-state index in [1.165, 1.54) is 0 Å². The fourth-order valence-electron chi connectivity index (χ4n) is 1.93. The van der Waals surface area contributed by atoms with Crippen molar-refractivity contribution in [2.75, 3.05) is 25.2 Å². The third kappa shape index (κ3) is 3.23. The molecule has 0 saturated carbocycles. The Bertz CT molecular complexity index is 389. The summed E-state index contributed by atoms with van der Waals surface area (Å²) < 4.78 is 5.26. The molecule has 1 N–H and O–H groups in total. The van der Waals surface area contributed by atoms with Crippen LogP contribution >= 0.6 is 11.8 Å². The summed E-state index contributed by atoms with van der Waals surface area (Å²) >= 11 is 1.84. The number of para-hydroxylation sites is 1. The molecule has 0 spiro atoms. The van der Waals surface area contributed by atoms with Crippen LogP contribution in [0.25, 0.3) is 0 Å². The van der Waals surface area contributed by atoms with Crippen LogP contribution in [0.1, 0.15) is 5.56 Å². The fourth-order valence-corrected chi connectivity index (χ4v) is 2.90. The molecule has 1 saturated heterocycles. The average Bonchev–Trinajstić information content (AvgIpc) is 2.40. The molecule has 0 bridgehead atoms. The largest absolute Gasteiger partial charge is 0.496 e. The van der Waals surface area contributed by atoms with Gasteiger partial charge in [0.15, 0.2) is 5.78 Å². The van der Waals surface area contributed by atoms with E-state index in [4.69, 9.17) is 4.74 Å². The Kier molecular flexibility index (Phi) is 4.45. The van der Waals surface area contributed by atoms with Crippen LogP contribution in [-0.2, 0) is 11.2 Å². The molecule has 1 aliphatic heterocycles. The van der Waals surface area contributed by atoms with Crippen molar-refractivity contribution >= 4 is 17.5 Å². The van der Waals surface area contributed by atoms with Crippen LogP contribution in [0.15, 0.2) is 24.3 Å². The molecular weight excluding hydrogens is 234 g/mol. The second kappa shape index (κ2) is 6.07. The van der Waals surface area contributed by atoms with Crippen molar-refractivity contribution in [1.82, 2.24) is 5.32 Å². The van der Waals surface area contributed by atoms with Crippen molar-refractivity contribution in [1.29, 1.82) is 0 Å².